The fraction of sp³-hybridized carbons (Fsp3) is 0.312. The van der Waals surface area contributed by atoms with Crippen LogP contribution in [0.5, 0.6) is 5.75 Å². The van der Waals surface area contributed by atoms with Gasteiger partial charge in [-0.25, -0.2) is 0 Å². The highest BCUT2D eigenvalue weighted by Gasteiger charge is 2.14. The van der Waals surface area contributed by atoms with E-state index in [-0.39, 0.29) is 11.2 Å². The summed E-state index contributed by atoms with van der Waals surface area (Å²) in [5.41, 5.74) is 1.20. The molecule has 0 aliphatic carbocycles. The Morgan fingerprint density at radius 1 is 1.23 bits per heavy atom. The van der Waals surface area contributed by atoms with Gasteiger partial charge in [0.05, 0.1) is 17.2 Å². The first-order valence-electron chi connectivity index (χ1n) is 7.03. The summed E-state index contributed by atoms with van der Waals surface area (Å²) in [5, 5.41) is 10.9. The molecule has 22 heavy (non-hydrogen) atoms. The van der Waals surface area contributed by atoms with E-state index in [2.05, 4.69) is 0 Å². The Hall–Kier alpha value is -2.63. The minimum atomic E-state index is -0.478. The Morgan fingerprint density at radius 3 is 2.68 bits per heavy atom. The highest BCUT2D eigenvalue weighted by atomic mass is 16.6. The Balaban J connectivity index is 1.99. The van der Waals surface area contributed by atoms with Crippen molar-refractivity contribution in [3.05, 3.63) is 68.1 Å². The molecule has 0 bridgehead atoms. The van der Waals surface area contributed by atoms with E-state index in [0.717, 1.165) is 11.3 Å². The lowest BCUT2D eigenvalue weighted by molar-refractivity contribution is -0.386. The van der Waals surface area contributed by atoms with E-state index in [9.17, 15) is 14.9 Å². The monoisotopic (exact) mass is 302 g/mol. The normalized spacial score (nSPS) is 10.5. The summed E-state index contributed by atoms with van der Waals surface area (Å²) in [6.07, 6.45) is 0.593. The number of aromatic nitrogens is 1. The average Bonchev–Trinajstić information content (AvgIpc) is 2.46. The molecule has 1 aromatic heterocycles. The Labute approximate surface area is 128 Å². The lowest BCUT2D eigenvalue weighted by Crippen LogP contribution is -2.23. The molecule has 0 saturated carbocycles. The van der Waals surface area contributed by atoms with Crippen molar-refractivity contribution in [2.45, 2.75) is 26.8 Å². The zero-order valence-corrected chi connectivity index (χ0v) is 12.6. The molecular weight excluding hydrogens is 284 g/mol. The third-order valence-electron chi connectivity index (χ3n) is 3.41. The first-order valence-corrected chi connectivity index (χ1v) is 7.03. The minimum Gasteiger partial charge on any atom is -0.494 e. The van der Waals surface area contributed by atoms with Gasteiger partial charge in [-0.3, -0.25) is 14.9 Å². The summed E-state index contributed by atoms with van der Waals surface area (Å²) in [6, 6.07) is 10.2. The topological polar surface area (TPSA) is 74.4 Å². The van der Waals surface area contributed by atoms with Gasteiger partial charge in [0.2, 0.25) is 0 Å². The molecule has 1 aromatic carbocycles. The fourth-order valence-electron chi connectivity index (χ4n) is 2.25. The second kappa shape index (κ2) is 6.89. The van der Waals surface area contributed by atoms with Crippen molar-refractivity contribution < 1.29 is 9.66 Å². The predicted molar refractivity (Wildman–Crippen MR) is 83.4 cm³/mol. The van der Waals surface area contributed by atoms with E-state index < -0.39 is 4.92 Å². The van der Waals surface area contributed by atoms with Crippen molar-refractivity contribution in [3.63, 3.8) is 0 Å². The third kappa shape index (κ3) is 3.72. The van der Waals surface area contributed by atoms with Crippen molar-refractivity contribution >= 4 is 5.69 Å². The molecule has 0 N–H and O–H groups in total. The number of rotatable bonds is 6. The molecule has 0 radical (unpaired) electrons. The van der Waals surface area contributed by atoms with Crippen molar-refractivity contribution in [1.82, 2.24) is 4.57 Å². The number of aryl methyl sites for hydroxylation is 1. The van der Waals surface area contributed by atoms with E-state index >= 15 is 0 Å². The van der Waals surface area contributed by atoms with Crippen LogP contribution < -0.4 is 10.3 Å². The largest absolute Gasteiger partial charge is 0.494 e. The van der Waals surface area contributed by atoms with Gasteiger partial charge < -0.3 is 9.30 Å². The van der Waals surface area contributed by atoms with Crippen LogP contribution in [0, 0.1) is 24.0 Å². The summed E-state index contributed by atoms with van der Waals surface area (Å²) in [5.74, 6) is 0.781. The smallest absolute Gasteiger partial charge is 0.288 e. The first-order chi connectivity index (χ1) is 10.5. The van der Waals surface area contributed by atoms with E-state index in [1.807, 2.05) is 31.2 Å². The molecule has 2 rings (SSSR count). The van der Waals surface area contributed by atoms with Crippen LogP contribution in [0.25, 0.3) is 0 Å². The summed E-state index contributed by atoms with van der Waals surface area (Å²) < 4.78 is 7.03. The standard InChI is InChI=1S/C16H18N2O4/c1-12-5-3-6-14(11-12)22-10-4-9-17-13(2)15(18(20)21)7-8-16(17)19/h3,5-8,11H,4,9-10H2,1-2H3. The zero-order valence-electron chi connectivity index (χ0n) is 12.6. The van der Waals surface area contributed by atoms with Crippen LogP contribution in [0.1, 0.15) is 17.7 Å². The summed E-state index contributed by atoms with van der Waals surface area (Å²) >= 11 is 0. The number of hydrogen-bond donors (Lipinski definition) is 0. The van der Waals surface area contributed by atoms with Crippen LogP contribution in [-0.4, -0.2) is 16.1 Å². The maximum atomic E-state index is 11.8. The highest BCUT2D eigenvalue weighted by Crippen LogP contribution is 2.15. The van der Waals surface area contributed by atoms with Gasteiger partial charge >= 0.3 is 0 Å². The van der Waals surface area contributed by atoms with Gasteiger partial charge in [0.1, 0.15) is 5.75 Å². The van der Waals surface area contributed by atoms with Crippen LogP contribution in [-0.2, 0) is 6.54 Å². The second-order valence-corrected chi connectivity index (χ2v) is 5.07. The van der Waals surface area contributed by atoms with E-state index in [0.29, 0.717) is 25.3 Å². The molecule has 2 aromatic rings. The fourth-order valence-corrected chi connectivity index (χ4v) is 2.25. The zero-order chi connectivity index (χ0) is 16.1. The van der Waals surface area contributed by atoms with Gasteiger partial charge in [-0.1, -0.05) is 12.1 Å². The van der Waals surface area contributed by atoms with E-state index in [1.165, 1.54) is 16.7 Å². The molecule has 0 spiro atoms. The maximum Gasteiger partial charge on any atom is 0.288 e. The lowest BCUT2D eigenvalue weighted by atomic mass is 10.2. The first kappa shape index (κ1) is 15.8. The van der Waals surface area contributed by atoms with Crippen LogP contribution >= 0.6 is 0 Å². The van der Waals surface area contributed by atoms with Gasteiger partial charge in [0.15, 0.2) is 0 Å². The van der Waals surface area contributed by atoms with Crippen LogP contribution in [0.4, 0.5) is 5.69 Å². The number of hydrogen-bond acceptors (Lipinski definition) is 4. The SMILES string of the molecule is Cc1cccc(OCCCn2c(C)c([N+](=O)[O-])ccc2=O)c1. The van der Waals surface area contributed by atoms with Crippen molar-refractivity contribution in [2.75, 3.05) is 6.61 Å². The molecule has 0 saturated heterocycles. The van der Waals surface area contributed by atoms with Gasteiger partial charge in [-0.2, -0.15) is 0 Å². The molecule has 0 aliphatic rings. The molecule has 1 heterocycles. The molecule has 6 heteroatoms. The Morgan fingerprint density at radius 2 is 2.00 bits per heavy atom. The predicted octanol–water partition coefficient (Wildman–Crippen LogP) is 2.84. The molecule has 0 fully saturated rings. The average molecular weight is 302 g/mol. The van der Waals surface area contributed by atoms with Crippen LogP contribution in [0.15, 0.2) is 41.2 Å². The van der Waals surface area contributed by atoms with Crippen LogP contribution in [0.3, 0.4) is 0 Å². The summed E-state index contributed by atoms with van der Waals surface area (Å²) in [6.45, 7) is 4.40. The maximum absolute atomic E-state index is 11.8. The number of nitrogens with zero attached hydrogens (tertiary/aromatic N) is 2. The van der Waals surface area contributed by atoms with E-state index in [4.69, 9.17) is 4.74 Å². The van der Waals surface area contributed by atoms with Gasteiger partial charge in [-0.05, 0) is 38.0 Å². The molecule has 0 unspecified atom stereocenters. The van der Waals surface area contributed by atoms with Crippen molar-refractivity contribution in [2.24, 2.45) is 0 Å². The summed E-state index contributed by atoms with van der Waals surface area (Å²) in [4.78, 5) is 22.2. The molecule has 6 nitrogen and oxygen atoms in total. The van der Waals surface area contributed by atoms with E-state index in [1.54, 1.807) is 6.92 Å². The highest BCUT2D eigenvalue weighted by molar-refractivity contribution is 5.34. The molecule has 116 valence electrons. The van der Waals surface area contributed by atoms with Crippen LogP contribution in [0.2, 0.25) is 0 Å². The number of ether oxygens (including phenoxy) is 1. The number of nitro groups is 1. The number of pyridine rings is 1. The third-order valence-corrected chi connectivity index (χ3v) is 3.41. The summed E-state index contributed by atoms with van der Waals surface area (Å²) in [7, 11) is 0. The van der Waals surface area contributed by atoms with Crippen molar-refractivity contribution in [1.29, 1.82) is 0 Å². The molecular formula is C16H18N2O4. The molecule has 0 amide bonds. The molecule has 0 aliphatic heterocycles. The Bertz CT molecular complexity index is 737. The quantitative estimate of drug-likeness (QED) is 0.467. The number of benzene rings is 1. The van der Waals surface area contributed by atoms with Gasteiger partial charge in [0, 0.05) is 18.7 Å². The van der Waals surface area contributed by atoms with Gasteiger partial charge in [-0.15, -0.1) is 0 Å². The Kier molecular flexibility index (Phi) is 4.93. The molecule has 0 atom stereocenters. The minimum absolute atomic E-state index is 0.0424. The van der Waals surface area contributed by atoms with Gasteiger partial charge in [0.25, 0.3) is 11.2 Å². The lowest BCUT2D eigenvalue weighted by Gasteiger charge is -2.11. The second-order valence-electron chi connectivity index (χ2n) is 5.07. The van der Waals surface area contributed by atoms with Crippen molar-refractivity contribution in [3.8, 4) is 5.75 Å².